The number of ether oxygens (including phenoxy) is 2. The minimum atomic E-state index is -1.03. The fraction of sp³-hybridized carbons (Fsp3) is 0.529. The SMILES string of the molecule is COc1ccccc1C(=O)OOOC(=O)OC1CCC(C)CC1C. The molecule has 132 valence electrons. The Kier molecular flexibility index (Phi) is 6.43. The van der Waals surface area contributed by atoms with Crippen molar-refractivity contribution in [3.8, 4) is 5.75 Å². The van der Waals surface area contributed by atoms with Gasteiger partial charge in [0, 0.05) is 0 Å². The van der Waals surface area contributed by atoms with Crippen LogP contribution in [0.25, 0.3) is 0 Å². The van der Waals surface area contributed by atoms with Crippen molar-refractivity contribution in [3.63, 3.8) is 0 Å². The number of para-hydroxylation sites is 1. The van der Waals surface area contributed by atoms with Gasteiger partial charge in [0.2, 0.25) is 0 Å². The molecule has 0 spiro atoms. The Balaban J connectivity index is 1.75. The van der Waals surface area contributed by atoms with Crippen LogP contribution in [0.2, 0.25) is 0 Å². The van der Waals surface area contributed by atoms with Crippen molar-refractivity contribution in [2.24, 2.45) is 11.8 Å². The number of hydrogen-bond acceptors (Lipinski definition) is 7. The second-order valence-corrected chi connectivity index (χ2v) is 6.02. The van der Waals surface area contributed by atoms with Crippen molar-refractivity contribution in [1.82, 2.24) is 0 Å². The molecule has 0 bridgehead atoms. The third kappa shape index (κ3) is 4.86. The van der Waals surface area contributed by atoms with Gasteiger partial charge in [0.15, 0.2) is 0 Å². The summed E-state index contributed by atoms with van der Waals surface area (Å²) in [6.45, 7) is 4.20. The highest BCUT2D eigenvalue weighted by Crippen LogP contribution is 2.30. The summed E-state index contributed by atoms with van der Waals surface area (Å²) in [7, 11) is 1.42. The van der Waals surface area contributed by atoms with E-state index in [0.29, 0.717) is 11.7 Å². The largest absolute Gasteiger partial charge is 0.543 e. The van der Waals surface area contributed by atoms with Gasteiger partial charge in [-0.05, 0) is 43.2 Å². The monoisotopic (exact) mass is 338 g/mol. The zero-order valence-electron chi connectivity index (χ0n) is 14.0. The molecule has 0 aromatic heterocycles. The summed E-state index contributed by atoms with van der Waals surface area (Å²) in [5.74, 6) is 0.338. The van der Waals surface area contributed by atoms with E-state index in [1.54, 1.807) is 18.2 Å². The van der Waals surface area contributed by atoms with Crippen molar-refractivity contribution in [2.45, 2.75) is 39.2 Å². The number of benzene rings is 1. The molecule has 0 N–H and O–H groups in total. The Morgan fingerprint density at radius 2 is 1.83 bits per heavy atom. The molecule has 24 heavy (non-hydrogen) atoms. The summed E-state index contributed by atoms with van der Waals surface area (Å²) in [5.41, 5.74) is 0.145. The molecule has 3 atom stereocenters. The molecule has 1 fully saturated rings. The summed E-state index contributed by atoms with van der Waals surface area (Å²) >= 11 is 0. The van der Waals surface area contributed by atoms with Crippen LogP contribution in [0.1, 0.15) is 43.5 Å². The molecule has 0 heterocycles. The van der Waals surface area contributed by atoms with Crippen molar-refractivity contribution in [2.75, 3.05) is 7.11 Å². The quantitative estimate of drug-likeness (QED) is 0.460. The Morgan fingerprint density at radius 1 is 1.08 bits per heavy atom. The molecule has 0 saturated heterocycles. The Labute approximate surface area is 140 Å². The number of hydrogen-bond donors (Lipinski definition) is 0. The lowest BCUT2D eigenvalue weighted by Crippen LogP contribution is -2.31. The van der Waals surface area contributed by atoms with E-state index < -0.39 is 12.1 Å². The first kappa shape index (κ1) is 18.1. The van der Waals surface area contributed by atoms with Crippen molar-refractivity contribution in [3.05, 3.63) is 29.8 Å². The van der Waals surface area contributed by atoms with Crippen molar-refractivity contribution >= 4 is 12.1 Å². The second-order valence-electron chi connectivity index (χ2n) is 6.02. The van der Waals surface area contributed by atoms with Crippen LogP contribution in [0.3, 0.4) is 0 Å². The van der Waals surface area contributed by atoms with Crippen molar-refractivity contribution < 1.29 is 33.9 Å². The first-order valence-electron chi connectivity index (χ1n) is 7.90. The van der Waals surface area contributed by atoms with Crippen LogP contribution in [-0.2, 0) is 19.6 Å². The van der Waals surface area contributed by atoms with Crippen LogP contribution in [0.5, 0.6) is 5.75 Å². The van der Waals surface area contributed by atoms with E-state index in [1.807, 2.05) is 6.92 Å². The van der Waals surface area contributed by atoms with E-state index >= 15 is 0 Å². The van der Waals surface area contributed by atoms with Crippen LogP contribution in [0.4, 0.5) is 4.79 Å². The van der Waals surface area contributed by atoms with E-state index in [-0.39, 0.29) is 17.6 Å². The van der Waals surface area contributed by atoms with Crippen LogP contribution in [0.15, 0.2) is 24.3 Å². The standard InChI is InChI=1S/C17H22O7/c1-11-8-9-14(12(2)10-11)21-17(19)23-24-22-16(18)13-6-4-5-7-15(13)20-3/h4-7,11-12,14H,8-10H2,1-3H3. The topological polar surface area (TPSA) is 80.3 Å². The molecule has 1 aromatic carbocycles. The highest BCUT2D eigenvalue weighted by Gasteiger charge is 2.29. The third-order valence-electron chi connectivity index (χ3n) is 4.14. The Bertz CT molecular complexity index is 572. The fourth-order valence-electron chi connectivity index (χ4n) is 2.89. The highest BCUT2D eigenvalue weighted by molar-refractivity contribution is 5.92. The van der Waals surface area contributed by atoms with Gasteiger partial charge in [-0.15, -0.1) is 0 Å². The number of rotatable bonds is 5. The maximum absolute atomic E-state index is 11.8. The van der Waals surface area contributed by atoms with E-state index in [9.17, 15) is 9.59 Å². The average Bonchev–Trinajstić information content (AvgIpc) is 2.57. The fourth-order valence-corrected chi connectivity index (χ4v) is 2.89. The van der Waals surface area contributed by atoms with Gasteiger partial charge in [-0.1, -0.05) is 26.0 Å². The second kappa shape index (κ2) is 8.54. The molecule has 1 aliphatic rings. The molecule has 1 aliphatic carbocycles. The number of carbonyl (C=O) groups is 2. The molecule has 2 rings (SSSR count). The van der Waals surface area contributed by atoms with Gasteiger partial charge in [0.1, 0.15) is 17.4 Å². The average molecular weight is 338 g/mol. The van der Waals surface area contributed by atoms with Gasteiger partial charge in [0.05, 0.1) is 12.1 Å². The zero-order chi connectivity index (χ0) is 17.5. The summed E-state index contributed by atoms with van der Waals surface area (Å²) in [4.78, 5) is 32.2. The van der Waals surface area contributed by atoms with Gasteiger partial charge in [0.25, 0.3) is 0 Å². The van der Waals surface area contributed by atoms with Gasteiger partial charge >= 0.3 is 12.1 Å². The summed E-state index contributed by atoms with van der Waals surface area (Å²) in [6.07, 6.45) is 1.50. The Morgan fingerprint density at radius 3 is 2.54 bits per heavy atom. The molecular weight excluding hydrogens is 316 g/mol. The van der Waals surface area contributed by atoms with Crippen LogP contribution in [-0.4, -0.2) is 25.3 Å². The van der Waals surface area contributed by atoms with Gasteiger partial charge < -0.3 is 9.47 Å². The lowest BCUT2D eigenvalue weighted by molar-refractivity contribution is -0.453. The van der Waals surface area contributed by atoms with E-state index in [1.165, 1.54) is 13.2 Å². The van der Waals surface area contributed by atoms with E-state index in [2.05, 4.69) is 21.7 Å². The molecule has 7 heteroatoms. The normalized spacial score (nSPS) is 23.2. The summed E-state index contributed by atoms with van der Waals surface area (Å²) < 4.78 is 10.2. The van der Waals surface area contributed by atoms with Crippen molar-refractivity contribution in [1.29, 1.82) is 0 Å². The predicted molar refractivity (Wildman–Crippen MR) is 83.0 cm³/mol. The summed E-state index contributed by atoms with van der Waals surface area (Å²) in [5, 5.41) is 4.23. The molecule has 0 amide bonds. The smallest absolute Gasteiger partial charge is 0.496 e. The first-order chi connectivity index (χ1) is 11.5. The van der Waals surface area contributed by atoms with Crippen LogP contribution < -0.4 is 4.74 Å². The lowest BCUT2D eigenvalue weighted by atomic mass is 9.81. The first-order valence-corrected chi connectivity index (χ1v) is 7.90. The number of carbonyl (C=O) groups excluding carboxylic acids is 2. The van der Waals surface area contributed by atoms with Crippen LogP contribution in [0, 0.1) is 11.8 Å². The van der Waals surface area contributed by atoms with E-state index in [4.69, 9.17) is 9.47 Å². The highest BCUT2D eigenvalue weighted by atomic mass is 17.5. The molecule has 0 aliphatic heterocycles. The minimum Gasteiger partial charge on any atom is -0.496 e. The molecule has 1 saturated carbocycles. The molecule has 7 nitrogen and oxygen atoms in total. The maximum atomic E-state index is 11.8. The molecular formula is C17H22O7. The maximum Gasteiger partial charge on any atom is 0.543 e. The minimum absolute atomic E-state index is 0.145. The molecule has 0 radical (unpaired) electrons. The summed E-state index contributed by atoms with van der Waals surface area (Å²) in [6, 6.07) is 6.43. The van der Waals surface area contributed by atoms with Gasteiger partial charge in [-0.25, -0.2) is 14.5 Å². The zero-order valence-corrected chi connectivity index (χ0v) is 14.0. The lowest BCUT2D eigenvalue weighted by Gasteiger charge is -2.31. The predicted octanol–water partition coefficient (Wildman–Crippen LogP) is 3.68. The third-order valence-corrected chi connectivity index (χ3v) is 4.14. The number of methoxy groups -OCH3 is 1. The molecule has 1 aromatic rings. The van der Waals surface area contributed by atoms with Gasteiger partial charge in [-0.3, -0.25) is 4.89 Å². The van der Waals surface area contributed by atoms with Gasteiger partial charge in [-0.2, -0.15) is 0 Å². The van der Waals surface area contributed by atoms with E-state index in [0.717, 1.165) is 19.3 Å². The Hall–Kier alpha value is -2.28. The van der Waals surface area contributed by atoms with Crippen LogP contribution >= 0.6 is 0 Å². The molecule has 3 unspecified atom stereocenters.